The maximum atomic E-state index is 11.6. The van der Waals surface area contributed by atoms with Crippen molar-refractivity contribution >= 4 is 5.97 Å². The van der Waals surface area contributed by atoms with Gasteiger partial charge < -0.3 is 9.47 Å². The summed E-state index contributed by atoms with van der Waals surface area (Å²) < 4.78 is 11.3. The average Bonchev–Trinajstić information content (AvgIpc) is 2.76. The van der Waals surface area contributed by atoms with E-state index in [1.54, 1.807) is 0 Å². The van der Waals surface area contributed by atoms with Crippen molar-refractivity contribution in [3.63, 3.8) is 0 Å². The maximum absolute atomic E-state index is 11.6. The van der Waals surface area contributed by atoms with Crippen molar-refractivity contribution in [3.8, 4) is 0 Å². The smallest absolute Gasteiger partial charge is 0.308 e. The quantitative estimate of drug-likeness (QED) is 0.649. The van der Waals surface area contributed by atoms with E-state index < -0.39 is 0 Å². The molecule has 2 aliphatic carbocycles. The van der Waals surface area contributed by atoms with Gasteiger partial charge in [-0.15, -0.1) is 0 Å². The monoisotopic (exact) mass is 210 g/mol. The van der Waals surface area contributed by atoms with E-state index in [0.717, 1.165) is 12.5 Å². The molecule has 0 N–H and O–H groups in total. The molecule has 3 aliphatic rings. The van der Waals surface area contributed by atoms with Crippen molar-refractivity contribution in [2.45, 2.75) is 38.9 Å². The Labute approximate surface area is 90.1 Å². The van der Waals surface area contributed by atoms with Crippen LogP contribution in [0.2, 0.25) is 0 Å². The van der Waals surface area contributed by atoms with Gasteiger partial charge in [-0.25, -0.2) is 0 Å². The molecule has 1 saturated heterocycles. The molecule has 3 nitrogen and oxygen atoms in total. The van der Waals surface area contributed by atoms with Gasteiger partial charge in [0.1, 0.15) is 6.10 Å². The highest BCUT2D eigenvalue weighted by atomic mass is 16.6. The van der Waals surface area contributed by atoms with E-state index in [-0.39, 0.29) is 24.1 Å². The number of hydrogen-bond acceptors (Lipinski definition) is 3. The SMILES string of the molecule is CC(C)C(=O)OC1C2CC3COC1C3C2. The molecule has 2 bridgehead atoms. The molecule has 1 heterocycles. The maximum Gasteiger partial charge on any atom is 0.308 e. The Morgan fingerprint density at radius 1 is 1.33 bits per heavy atom. The van der Waals surface area contributed by atoms with Crippen LogP contribution < -0.4 is 0 Å². The Hall–Kier alpha value is -0.570. The van der Waals surface area contributed by atoms with Gasteiger partial charge in [0, 0.05) is 0 Å². The van der Waals surface area contributed by atoms with Crippen molar-refractivity contribution in [2.24, 2.45) is 23.7 Å². The Morgan fingerprint density at radius 3 is 2.87 bits per heavy atom. The Morgan fingerprint density at radius 2 is 2.13 bits per heavy atom. The zero-order valence-electron chi connectivity index (χ0n) is 9.31. The van der Waals surface area contributed by atoms with Gasteiger partial charge in [-0.05, 0) is 30.6 Å². The predicted octanol–water partition coefficient (Wildman–Crippen LogP) is 1.61. The molecule has 0 spiro atoms. The molecule has 3 fully saturated rings. The summed E-state index contributed by atoms with van der Waals surface area (Å²) in [6, 6.07) is 0. The van der Waals surface area contributed by atoms with Crippen molar-refractivity contribution in [1.29, 1.82) is 0 Å². The number of rotatable bonds is 2. The fourth-order valence-corrected chi connectivity index (χ4v) is 3.46. The second-order valence-electron chi connectivity index (χ2n) is 5.51. The van der Waals surface area contributed by atoms with E-state index in [1.807, 2.05) is 13.8 Å². The van der Waals surface area contributed by atoms with Gasteiger partial charge in [0.05, 0.1) is 18.6 Å². The Kier molecular flexibility index (Phi) is 2.06. The molecule has 3 rings (SSSR count). The molecule has 0 aromatic heterocycles. The van der Waals surface area contributed by atoms with Crippen LogP contribution >= 0.6 is 0 Å². The number of fused-ring (bicyclic) bond motifs is 1. The highest BCUT2D eigenvalue weighted by Gasteiger charge is 2.58. The zero-order valence-corrected chi connectivity index (χ0v) is 9.31. The third kappa shape index (κ3) is 1.32. The predicted molar refractivity (Wildman–Crippen MR) is 54.2 cm³/mol. The molecule has 1 aliphatic heterocycles. The summed E-state index contributed by atoms with van der Waals surface area (Å²) >= 11 is 0. The first kappa shape index (κ1) is 9.64. The van der Waals surface area contributed by atoms with Crippen molar-refractivity contribution in [3.05, 3.63) is 0 Å². The number of carbonyl (C=O) groups excluding carboxylic acids is 1. The van der Waals surface area contributed by atoms with Gasteiger partial charge in [0.15, 0.2) is 0 Å². The molecule has 5 unspecified atom stereocenters. The third-order valence-electron chi connectivity index (χ3n) is 4.22. The summed E-state index contributed by atoms with van der Waals surface area (Å²) in [6.45, 7) is 4.66. The molecular weight excluding hydrogens is 192 g/mol. The standard InChI is InChI=1S/C12H18O3/c1-6(2)12(13)15-10-7-3-8-5-14-11(10)9(8)4-7/h6-11H,3-5H2,1-2H3. The second-order valence-corrected chi connectivity index (χ2v) is 5.51. The molecule has 0 radical (unpaired) electrons. The van der Waals surface area contributed by atoms with E-state index >= 15 is 0 Å². The fourth-order valence-electron chi connectivity index (χ4n) is 3.46. The highest BCUT2D eigenvalue weighted by molar-refractivity contribution is 5.71. The van der Waals surface area contributed by atoms with Crippen LogP contribution in [0.15, 0.2) is 0 Å². The lowest BCUT2D eigenvalue weighted by Gasteiger charge is -2.27. The van der Waals surface area contributed by atoms with Gasteiger partial charge in [-0.1, -0.05) is 13.8 Å². The fraction of sp³-hybridized carbons (Fsp3) is 0.917. The van der Waals surface area contributed by atoms with Crippen LogP contribution in [0, 0.1) is 23.7 Å². The number of ether oxygens (including phenoxy) is 2. The minimum atomic E-state index is -0.0698. The number of carbonyl (C=O) groups is 1. The van der Waals surface area contributed by atoms with E-state index in [2.05, 4.69) is 0 Å². The summed E-state index contributed by atoms with van der Waals surface area (Å²) in [5.41, 5.74) is 0. The highest BCUT2D eigenvalue weighted by Crippen LogP contribution is 2.54. The topological polar surface area (TPSA) is 35.5 Å². The lowest BCUT2D eigenvalue weighted by atomic mass is 9.88. The molecular formula is C12H18O3. The zero-order chi connectivity index (χ0) is 10.6. The molecule has 5 atom stereocenters. The first-order valence-corrected chi connectivity index (χ1v) is 5.99. The van der Waals surface area contributed by atoms with Gasteiger partial charge in [0.25, 0.3) is 0 Å². The van der Waals surface area contributed by atoms with Gasteiger partial charge in [-0.3, -0.25) is 4.79 Å². The molecule has 0 amide bonds. The van der Waals surface area contributed by atoms with Crippen LogP contribution in [0.4, 0.5) is 0 Å². The molecule has 0 aromatic rings. The molecule has 2 saturated carbocycles. The van der Waals surface area contributed by atoms with Gasteiger partial charge in [-0.2, -0.15) is 0 Å². The van der Waals surface area contributed by atoms with Crippen LogP contribution in [0.25, 0.3) is 0 Å². The minimum absolute atomic E-state index is 0.0265. The molecule has 0 aromatic carbocycles. The van der Waals surface area contributed by atoms with Crippen LogP contribution in [0.1, 0.15) is 26.7 Å². The van der Waals surface area contributed by atoms with Crippen LogP contribution in [0.3, 0.4) is 0 Å². The first-order valence-electron chi connectivity index (χ1n) is 5.99. The van der Waals surface area contributed by atoms with Crippen LogP contribution in [-0.2, 0) is 14.3 Å². The van der Waals surface area contributed by atoms with E-state index in [1.165, 1.54) is 12.8 Å². The summed E-state index contributed by atoms with van der Waals surface area (Å²) in [6.07, 6.45) is 2.70. The lowest BCUT2D eigenvalue weighted by Crippen LogP contribution is -2.36. The minimum Gasteiger partial charge on any atom is -0.459 e. The lowest BCUT2D eigenvalue weighted by molar-refractivity contribution is -0.161. The van der Waals surface area contributed by atoms with Gasteiger partial charge >= 0.3 is 5.97 Å². The van der Waals surface area contributed by atoms with E-state index in [0.29, 0.717) is 11.8 Å². The third-order valence-corrected chi connectivity index (χ3v) is 4.22. The molecule has 15 heavy (non-hydrogen) atoms. The van der Waals surface area contributed by atoms with Crippen LogP contribution in [0.5, 0.6) is 0 Å². The number of hydrogen-bond donors (Lipinski definition) is 0. The number of esters is 1. The largest absolute Gasteiger partial charge is 0.459 e. The van der Waals surface area contributed by atoms with E-state index in [4.69, 9.17) is 9.47 Å². The summed E-state index contributed by atoms with van der Waals surface area (Å²) in [5, 5.41) is 0. The summed E-state index contributed by atoms with van der Waals surface area (Å²) in [4.78, 5) is 11.6. The van der Waals surface area contributed by atoms with Crippen molar-refractivity contribution in [1.82, 2.24) is 0 Å². The Balaban J connectivity index is 1.71. The second kappa shape index (κ2) is 3.21. The first-order chi connectivity index (χ1) is 7.16. The average molecular weight is 210 g/mol. The van der Waals surface area contributed by atoms with E-state index in [9.17, 15) is 4.79 Å². The van der Waals surface area contributed by atoms with Crippen molar-refractivity contribution in [2.75, 3.05) is 6.61 Å². The van der Waals surface area contributed by atoms with Crippen LogP contribution in [-0.4, -0.2) is 24.8 Å². The molecule has 3 heteroatoms. The summed E-state index contributed by atoms with van der Waals surface area (Å²) in [5.74, 6) is 1.92. The molecule has 84 valence electrons. The van der Waals surface area contributed by atoms with Gasteiger partial charge in [0.2, 0.25) is 0 Å². The van der Waals surface area contributed by atoms with Crippen molar-refractivity contribution < 1.29 is 14.3 Å². The normalized spacial score (nSPS) is 46.5. The summed E-state index contributed by atoms with van der Waals surface area (Å²) in [7, 11) is 0. The Bertz CT molecular complexity index is 285.